The maximum atomic E-state index is 14.5. The number of cyclic esters (lactones) is 1. The van der Waals surface area contributed by atoms with Crippen LogP contribution in [-0.2, 0) is 71.5 Å². The van der Waals surface area contributed by atoms with Gasteiger partial charge in [-0.25, -0.2) is 4.79 Å². The topological polar surface area (TPSA) is 235 Å². The number of furan rings is 1. The van der Waals surface area contributed by atoms with E-state index in [1.165, 1.54) is 33.3 Å². The van der Waals surface area contributed by atoms with Gasteiger partial charge in [-0.3, -0.25) is 33.6 Å². The molecule has 1 N–H and O–H groups in total. The summed E-state index contributed by atoms with van der Waals surface area (Å²) in [6.07, 6.45) is -5.26. The number of Topliss-reactive ketones (excluding diaryl/α,β-unsaturated/α-hetero) is 1. The molecule has 0 unspecified atom stereocenters. The van der Waals surface area contributed by atoms with Gasteiger partial charge in [0.05, 0.1) is 37.9 Å². The number of hydrogen-bond acceptors (Lipinski definition) is 17. The number of ketones is 1. The second-order valence-electron chi connectivity index (χ2n) is 15.8. The highest BCUT2D eigenvalue weighted by Gasteiger charge is 2.77. The zero-order valence-corrected chi connectivity index (χ0v) is 33.7. The van der Waals surface area contributed by atoms with Gasteiger partial charge in [0.1, 0.15) is 30.5 Å². The van der Waals surface area contributed by atoms with E-state index in [-0.39, 0.29) is 18.5 Å². The van der Waals surface area contributed by atoms with Gasteiger partial charge in [-0.2, -0.15) is 0 Å². The summed E-state index contributed by atoms with van der Waals surface area (Å²) in [4.78, 5) is 106. The molecule has 3 aliphatic rings. The average molecular weight is 805 g/mol. The smallest absolute Gasteiger partial charge is 0.348 e. The van der Waals surface area contributed by atoms with E-state index in [0.717, 1.165) is 27.9 Å². The van der Waals surface area contributed by atoms with Crippen molar-refractivity contribution in [3.8, 4) is 0 Å². The van der Waals surface area contributed by atoms with Crippen molar-refractivity contribution in [1.82, 2.24) is 0 Å². The molecule has 0 radical (unpaired) electrons. The van der Waals surface area contributed by atoms with Crippen molar-refractivity contribution in [2.75, 3.05) is 13.7 Å². The lowest BCUT2D eigenvalue weighted by molar-refractivity contribution is -0.240. The van der Waals surface area contributed by atoms with Crippen LogP contribution < -0.4 is 0 Å². The molecule has 1 saturated heterocycles. The minimum Gasteiger partial charge on any atom is -0.472 e. The number of rotatable bonds is 14. The number of esters is 6. The molecular weight excluding hydrogens is 752 g/mol. The standard InChI is InChI=1S/C40H52O17/c1-11-20(2)33(55-24(6)44)36(48)56-35-34(53-19-41)32(21(3)40(49)28(45)14-26(39(35,40)9)25-12-13-51-17-25)38(8)27(15-30(46)50-10)37(7,18-52-22(4)42)57-31(47)16-29(38)54-23(5)43/h12-13,17,19-20,26-27,29,32-35,49H,3,11,14-16,18H2,1-2,4-10H3/t20-,26+,27+,29+,32-,33-,34-,35+,37-,38-,39-,40-/m1/s1. The molecule has 17 nitrogen and oxygen atoms in total. The fourth-order valence-corrected chi connectivity index (χ4v) is 9.49. The molecule has 2 heterocycles. The minimum atomic E-state index is -2.64. The largest absolute Gasteiger partial charge is 0.472 e. The quantitative estimate of drug-likeness (QED) is 0.123. The van der Waals surface area contributed by atoms with Crippen molar-refractivity contribution in [3.05, 3.63) is 36.3 Å². The van der Waals surface area contributed by atoms with Crippen molar-refractivity contribution in [2.45, 2.75) is 123 Å². The fourth-order valence-electron chi connectivity index (χ4n) is 9.49. The van der Waals surface area contributed by atoms with Crippen molar-refractivity contribution >= 4 is 48.1 Å². The number of hydrogen-bond donors (Lipinski definition) is 1. The van der Waals surface area contributed by atoms with Crippen LogP contribution in [0.5, 0.6) is 0 Å². The van der Waals surface area contributed by atoms with Crippen LogP contribution in [0, 0.1) is 28.6 Å². The summed E-state index contributed by atoms with van der Waals surface area (Å²) in [6.45, 7) is 14.6. The highest BCUT2D eigenvalue weighted by atomic mass is 16.6. The first-order valence-electron chi connectivity index (χ1n) is 18.6. The Balaban J connectivity index is 2.14. The van der Waals surface area contributed by atoms with Gasteiger partial charge in [0.25, 0.3) is 6.47 Å². The number of carbonyl (C=O) groups is 8. The molecule has 1 aromatic rings. The van der Waals surface area contributed by atoms with Crippen LogP contribution in [0.15, 0.2) is 35.2 Å². The molecule has 3 fully saturated rings. The van der Waals surface area contributed by atoms with Crippen LogP contribution in [0.25, 0.3) is 0 Å². The number of aliphatic hydroxyl groups is 1. The number of ether oxygens (including phenoxy) is 7. The third-order valence-electron chi connectivity index (χ3n) is 12.5. The Morgan fingerprint density at radius 1 is 1.04 bits per heavy atom. The number of methoxy groups -OCH3 is 1. The normalized spacial score (nSPS) is 34.7. The molecule has 12 atom stereocenters. The molecule has 314 valence electrons. The van der Waals surface area contributed by atoms with E-state index >= 15 is 0 Å². The molecule has 1 aromatic heterocycles. The van der Waals surface area contributed by atoms with Gasteiger partial charge in [-0.15, -0.1) is 0 Å². The maximum absolute atomic E-state index is 14.5. The minimum absolute atomic E-state index is 0.0529. The lowest BCUT2D eigenvalue weighted by atomic mass is 9.46. The summed E-state index contributed by atoms with van der Waals surface area (Å²) in [6, 6.07) is 1.55. The zero-order chi connectivity index (χ0) is 42.8. The third-order valence-corrected chi connectivity index (χ3v) is 12.5. The summed E-state index contributed by atoms with van der Waals surface area (Å²) in [7, 11) is 1.10. The fraction of sp³-hybridized carbons (Fsp3) is 0.650. The van der Waals surface area contributed by atoms with E-state index in [2.05, 4.69) is 6.58 Å². The van der Waals surface area contributed by atoms with E-state index < -0.39 is 131 Å². The van der Waals surface area contributed by atoms with Crippen LogP contribution in [0.2, 0.25) is 0 Å². The Morgan fingerprint density at radius 3 is 2.23 bits per heavy atom. The molecule has 0 bridgehead atoms. The van der Waals surface area contributed by atoms with E-state index in [0.29, 0.717) is 12.0 Å². The summed E-state index contributed by atoms with van der Waals surface area (Å²) >= 11 is 0. The Kier molecular flexibility index (Phi) is 13.2. The Labute approximate surface area is 330 Å². The molecule has 1 aliphatic heterocycles. The Hall–Kier alpha value is -5.06. The molecule has 57 heavy (non-hydrogen) atoms. The monoisotopic (exact) mass is 804 g/mol. The Bertz CT molecular complexity index is 1770. The van der Waals surface area contributed by atoms with E-state index in [9.17, 15) is 43.5 Å². The van der Waals surface area contributed by atoms with Gasteiger partial charge in [0.15, 0.2) is 11.4 Å². The number of carbonyl (C=O) groups excluding carboxylic acids is 8. The number of fused-ring (bicyclic) bond motifs is 1. The van der Waals surface area contributed by atoms with Gasteiger partial charge < -0.3 is 42.7 Å². The first-order chi connectivity index (χ1) is 26.6. The van der Waals surface area contributed by atoms with E-state index in [1.807, 2.05) is 0 Å². The summed E-state index contributed by atoms with van der Waals surface area (Å²) in [5, 5.41) is 13.1. The highest BCUT2D eigenvalue weighted by Crippen LogP contribution is 2.68. The van der Waals surface area contributed by atoms with Crippen molar-refractivity contribution in [1.29, 1.82) is 0 Å². The van der Waals surface area contributed by atoms with Crippen molar-refractivity contribution in [3.63, 3.8) is 0 Å². The lowest BCUT2D eigenvalue weighted by Crippen LogP contribution is -2.72. The van der Waals surface area contributed by atoms with Gasteiger partial charge in [-0.1, -0.05) is 34.3 Å². The van der Waals surface area contributed by atoms with Crippen LogP contribution in [0.3, 0.4) is 0 Å². The summed E-state index contributed by atoms with van der Waals surface area (Å²) < 4.78 is 45.2. The molecule has 0 aromatic carbocycles. The predicted octanol–water partition coefficient (Wildman–Crippen LogP) is 3.08. The van der Waals surface area contributed by atoms with E-state index in [4.69, 9.17) is 37.6 Å². The van der Waals surface area contributed by atoms with Crippen LogP contribution in [-0.4, -0.2) is 103 Å². The van der Waals surface area contributed by atoms with Gasteiger partial charge in [0.2, 0.25) is 6.10 Å². The molecular formula is C40H52O17. The van der Waals surface area contributed by atoms with Crippen molar-refractivity contribution in [2.24, 2.45) is 28.6 Å². The third kappa shape index (κ3) is 7.82. The second kappa shape index (κ2) is 16.8. The van der Waals surface area contributed by atoms with E-state index in [1.54, 1.807) is 19.9 Å². The van der Waals surface area contributed by atoms with Crippen LogP contribution >= 0.6 is 0 Å². The predicted molar refractivity (Wildman–Crippen MR) is 192 cm³/mol. The molecule has 17 heteroatoms. The summed E-state index contributed by atoms with van der Waals surface area (Å²) in [5.74, 6) is -10.8. The second-order valence-corrected chi connectivity index (χ2v) is 15.8. The van der Waals surface area contributed by atoms with Crippen molar-refractivity contribution < 1.29 is 81.0 Å². The maximum Gasteiger partial charge on any atom is 0.348 e. The Morgan fingerprint density at radius 2 is 1.70 bits per heavy atom. The van der Waals surface area contributed by atoms with Gasteiger partial charge in [-0.05, 0) is 30.5 Å². The first-order valence-corrected chi connectivity index (χ1v) is 18.6. The van der Waals surface area contributed by atoms with Gasteiger partial charge >= 0.3 is 35.8 Å². The average Bonchev–Trinajstić information content (AvgIpc) is 3.73. The molecule has 0 spiro atoms. The summed E-state index contributed by atoms with van der Waals surface area (Å²) in [5.41, 5.74) is -8.33. The lowest BCUT2D eigenvalue weighted by Gasteiger charge is -2.61. The highest BCUT2D eigenvalue weighted by molar-refractivity contribution is 5.96. The molecule has 0 amide bonds. The van der Waals surface area contributed by atoms with Crippen LogP contribution in [0.4, 0.5) is 0 Å². The SMILES string of the molecule is C=C1[C@@H]([C@@]2(C)[C@@H](OC(C)=O)CC(=O)O[C@](C)(COC(C)=O)[C@@H]2CC(=O)OC)[C@@H](OC=O)[C@H](OC(=O)[C@H](OC(C)=O)[C@H](C)CC)[C@@]2(C)[C@H](c3ccoc3)CC(=O)[C@]12O. The zero-order valence-electron chi connectivity index (χ0n) is 33.7. The molecule has 2 aliphatic carbocycles. The molecule has 4 rings (SSSR count). The van der Waals surface area contributed by atoms with Crippen LogP contribution in [0.1, 0.15) is 92.6 Å². The first kappa shape index (κ1) is 44.7. The molecule has 2 saturated carbocycles. The van der Waals surface area contributed by atoms with Gasteiger partial charge in [0, 0.05) is 56.3 Å².